The molecule has 1 heterocycles. The van der Waals surface area contributed by atoms with E-state index < -0.39 is 17.2 Å². The van der Waals surface area contributed by atoms with Gasteiger partial charge in [-0.25, -0.2) is 14.0 Å². The fourth-order valence-electron chi connectivity index (χ4n) is 3.08. The van der Waals surface area contributed by atoms with E-state index in [9.17, 15) is 9.32 Å². The molecule has 2 aromatic rings. The van der Waals surface area contributed by atoms with Crippen LogP contribution in [-0.2, 0) is 25.1 Å². The maximum atomic E-state index is 12.6. The molecule has 28 heavy (non-hydrogen) atoms. The van der Waals surface area contributed by atoms with Crippen molar-refractivity contribution in [1.82, 2.24) is 5.06 Å². The molecule has 0 radical (unpaired) electrons. The second kappa shape index (κ2) is 10.1. The maximum absolute atomic E-state index is 12.6. The first-order valence-electron chi connectivity index (χ1n) is 9.05. The van der Waals surface area contributed by atoms with Crippen LogP contribution in [0.3, 0.4) is 0 Å². The first-order valence-corrected chi connectivity index (χ1v) is 10.1. The number of benzene rings is 2. The summed E-state index contributed by atoms with van der Waals surface area (Å²) in [7, 11) is 3.06. The number of methoxy groups -OCH3 is 1. The van der Waals surface area contributed by atoms with Crippen molar-refractivity contribution in [2.24, 2.45) is 0 Å². The third-order valence-corrected chi connectivity index (χ3v) is 5.63. The third-order valence-electron chi connectivity index (χ3n) is 4.65. The summed E-state index contributed by atoms with van der Waals surface area (Å²) >= 11 is -1.66. The molecule has 0 saturated carbocycles. The molecular formula is C20H25NO6S. The van der Waals surface area contributed by atoms with E-state index in [0.717, 1.165) is 16.9 Å². The van der Waals surface area contributed by atoms with Gasteiger partial charge in [0.25, 0.3) is 0 Å². The Hall–Kier alpha value is -1.81. The molecule has 0 amide bonds. The standard InChI is InChI=1S/C20H25NO6S/c1-24-19-7-3-15(4-8-19)16-5-9-20(10-6-16)28(23)27-21-12-11-18(22)13-17(21)14-26-25-2/h3-10,17-18,22H,11-14H2,1-2H3. The summed E-state index contributed by atoms with van der Waals surface area (Å²) in [6, 6.07) is 14.9. The number of aliphatic hydroxyl groups is 1. The van der Waals surface area contributed by atoms with Gasteiger partial charge in [-0.05, 0) is 48.2 Å². The first kappa shape index (κ1) is 20.9. The molecule has 0 aliphatic carbocycles. The van der Waals surface area contributed by atoms with Crippen molar-refractivity contribution in [2.75, 3.05) is 27.4 Å². The Kier molecular flexibility index (Phi) is 7.55. The quantitative estimate of drug-likeness (QED) is 0.532. The number of piperidine rings is 1. The van der Waals surface area contributed by atoms with Crippen molar-refractivity contribution in [3.63, 3.8) is 0 Å². The lowest BCUT2D eigenvalue weighted by Crippen LogP contribution is -2.46. The topological polar surface area (TPSA) is 77.5 Å². The summed E-state index contributed by atoms with van der Waals surface area (Å²) in [4.78, 5) is 10.2. The lowest BCUT2D eigenvalue weighted by Gasteiger charge is -2.35. The van der Waals surface area contributed by atoms with Gasteiger partial charge in [0.1, 0.15) is 12.4 Å². The summed E-state index contributed by atoms with van der Waals surface area (Å²) < 4.78 is 23.5. The summed E-state index contributed by atoms with van der Waals surface area (Å²) in [6.07, 6.45) is 0.594. The highest BCUT2D eigenvalue weighted by Crippen LogP contribution is 2.25. The van der Waals surface area contributed by atoms with Gasteiger partial charge in [-0.15, -0.1) is 0 Å². The van der Waals surface area contributed by atoms with Crippen molar-refractivity contribution in [3.8, 4) is 16.9 Å². The minimum absolute atomic E-state index is 0.223. The van der Waals surface area contributed by atoms with Crippen molar-refractivity contribution >= 4 is 11.1 Å². The zero-order valence-electron chi connectivity index (χ0n) is 15.9. The van der Waals surface area contributed by atoms with Crippen LogP contribution in [-0.4, -0.2) is 53.9 Å². The molecule has 7 nitrogen and oxygen atoms in total. The summed E-state index contributed by atoms with van der Waals surface area (Å²) in [5.74, 6) is 0.800. The van der Waals surface area contributed by atoms with Gasteiger partial charge in [0.05, 0.1) is 31.3 Å². The fourth-order valence-corrected chi connectivity index (χ4v) is 3.89. The van der Waals surface area contributed by atoms with Crippen molar-refractivity contribution in [1.29, 1.82) is 0 Å². The van der Waals surface area contributed by atoms with Crippen LogP contribution in [0.25, 0.3) is 11.1 Å². The van der Waals surface area contributed by atoms with Crippen LogP contribution in [0.15, 0.2) is 53.4 Å². The lowest BCUT2D eigenvalue weighted by atomic mass is 10.0. The Morgan fingerprint density at radius 3 is 2.32 bits per heavy atom. The second-order valence-electron chi connectivity index (χ2n) is 6.49. The third kappa shape index (κ3) is 5.38. The smallest absolute Gasteiger partial charge is 0.206 e. The summed E-state index contributed by atoms with van der Waals surface area (Å²) in [6.45, 7) is 0.690. The molecule has 8 heteroatoms. The summed E-state index contributed by atoms with van der Waals surface area (Å²) in [5, 5.41) is 11.5. The number of hydroxylamine groups is 2. The molecule has 2 aromatic carbocycles. The molecule has 0 aromatic heterocycles. The molecule has 1 aliphatic rings. The molecule has 3 unspecified atom stereocenters. The lowest BCUT2D eigenvalue weighted by molar-refractivity contribution is -0.293. The van der Waals surface area contributed by atoms with Crippen LogP contribution in [0.2, 0.25) is 0 Å². The molecule has 0 bridgehead atoms. The van der Waals surface area contributed by atoms with Crippen molar-refractivity contribution < 1.29 is 28.1 Å². The van der Waals surface area contributed by atoms with Gasteiger partial charge in [0.15, 0.2) is 0 Å². The average Bonchev–Trinajstić information content (AvgIpc) is 2.74. The zero-order valence-corrected chi connectivity index (χ0v) is 16.8. The number of ether oxygens (including phenoxy) is 1. The van der Waals surface area contributed by atoms with Gasteiger partial charge in [-0.3, -0.25) is 0 Å². The monoisotopic (exact) mass is 407 g/mol. The molecule has 3 rings (SSSR count). The van der Waals surface area contributed by atoms with Crippen molar-refractivity contribution in [2.45, 2.75) is 29.9 Å². The van der Waals surface area contributed by atoms with E-state index in [2.05, 4.69) is 4.89 Å². The van der Waals surface area contributed by atoms with Gasteiger partial charge in [-0.1, -0.05) is 24.3 Å². The summed E-state index contributed by atoms with van der Waals surface area (Å²) in [5.41, 5.74) is 2.05. The minimum Gasteiger partial charge on any atom is -0.497 e. The highest BCUT2D eigenvalue weighted by molar-refractivity contribution is 7.80. The Labute approximate surface area is 167 Å². The van der Waals surface area contributed by atoms with E-state index in [1.54, 1.807) is 24.3 Å². The largest absolute Gasteiger partial charge is 0.497 e. The number of hydrogen-bond donors (Lipinski definition) is 1. The van der Waals surface area contributed by atoms with Gasteiger partial charge in [0, 0.05) is 6.54 Å². The van der Waals surface area contributed by atoms with Gasteiger partial charge < -0.3 is 9.84 Å². The normalized spacial score (nSPS) is 21.4. The van der Waals surface area contributed by atoms with Gasteiger partial charge in [-0.2, -0.15) is 9.35 Å². The predicted octanol–water partition coefficient (Wildman–Crippen LogP) is 2.72. The average molecular weight is 407 g/mol. The fraction of sp³-hybridized carbons (Fsp3) is 0.400. The second-order valence-corrected chi connectivity index (χ2v) is 7.58. The molecule has 152 valence electrons. The Morgan fingerprint density at radius 1 is 1.07 bits per heavy atom. The number of nitrogens with zero attached hydrogens (tertiary/aromatic N) is 1. The molecular weight excluding hydrogens is 382 g/mol. The van der Waals surface area contributed by atoms with E-state index in [1.807, 2.05) is 36.4 Å². The molecule has 1 saturated heterocycles. The van der Waals surface area contributed by atoms with Crippen LogP contribution in [0.1, 0.15) is 12.8 Å². The number of rotatable bonds is 8. The van der Waals surface area contributed by atoms with Crippen LogP contribution < -0.4 is 4.74 Å². The molecule has 1 fully saturated rings. The Bertz CT molecular complexity index is 767. The van der Waals surface area contributed by atoms with E-state index in [0.29, 0.717) is 24.3 Å². The van der Waals surface area contributed by atoms with Crippen LogP contribution in [0.4, 0.5) is 0 Å². The zero-order chi connectivity index (χ0) is 19.9. The Balaban J connectivity index is 1.64. The van der Waals surface area contributed by atoms with Crippen LogP contribution in [0, 0.1) is 0 Å². The molecule has 0 spiro atoms. The Morgan fingerprint density at radius 2 is 1.71 bits per heavy atom. The maximum Gasteiger partial charge on any atom is 0.206 e. The molecule has 1 N–H and O–H groups in total. The van der Waals surface area contributed by atoms with E-state index in [1.165, 1.54) is 7.11 Å². The SMILES string of the molecule is COOCC1CC(O)CCN1OS(=O)c1ccc(-c2ccc(OC)cc2)cc1. The van der Waals surface area contributed by atoms with E-state index >= 15 is 0 Å². The van der Waals surface area contributed by atoms with Gasteiger partial charge in [0.2, 0.25) is 11.1 Å². The highest BCUT2D eigenvalue weighted by atomic mass is 32.2. The highest BCUT2D eigenvalue weighted by Gasteiger charge is 2.30. The number of aliphatic hydroxyl groups excluding tert-OH is 1. The van der Waals surface area contributed by atoms with Crippen LogP contribution >= 0.6 is 0 Å². The van der Waals surface area contributed by atoms with E-state index in [-0.39, 0.29) is 12.6 Å². The van der Waals surface area contributed by atoms with Gasteiger partial charge >= 0.3 is 0 Å². The number of hydrogen-bond acceptors (Lipinski definition) is 7. The minimum atomic E-state index is -1.66. The first-order chi connectivity index (χ1) is 13.6. The van der Waals surface area contributed by atoms with E-state index in [4.69, 9.17) is 13.9 Å². The van der Waals surface area contributed by atoms with Crippen molar-refractivity contribution in [3.05, 3.63) is 48.5 Å². The molecule has 1 aliphatic heterocycles. The predicted molar refractivity (Wildman–Crippen MR) is 105 cm³/mol. The molecule has 3 atom stereocenters. The van der Waals surface area contributed by atoms with Crippen LogP contribution in [0.5, 0.6) is 5.75 Å².